The maximum absolute atomic E-state index is 12.2. The van der Waals surface area contributed by atoms with Crippen molar-refractivity contribution in [1.82, 2.24) is 14.9 Å². The number of nitrogens with zero attached hydrogens (tertiary/aromatic N) is 2. The summed E-state index contributed by atoms with van der Waals surface area (Å²) in [4.78, 5) is 16.9. The third kappa shape index (κ3) is 4.26. The molecule has 2 aromatic carbocycles. The van der Waals surface area contributed by atoms with Crippen molar-refractivity contribution >= 4 is 28.7 Å². The van der Waals surface area contributed by atoms with Gasteiger partial charge in [-0.25, -0.2) is 4.98 Å². The average molecular weight is 369 g/mol. The minimum atomic E-state index is -0.0259. The number of hydrogen-bond acceptors (Lipinski definition) is 4. The lowest BCUT2D eigenvalue weighted by atomic mass is 10.2. The van der Waals surface area contributed by atoms with E-state index in [9.17, 15) is 4.79 Å². The third-order valence-electron chi connectivity index (χ3n) is 3.98. The van der Waals surface area contributed by atoms with Gasteiger partial charge in [0, 0.05) is 18.8 Å². The minimum absolute atomic E-state index is 0.0102. The number of amides is 1. The van der Waals surface area contributed by atoms with Crippen LogP contribution < -0.4 is 5.32 Å². The Labute approximate surface area is 157 Å². The summed E-state index contributed by atoms with van der Waals surface area (Å²) in [5.74, 6) is 0.283. The number of thioether (sulfide) groups is 1. The Bertz CT molecular complexity index is 890. The van der Waals surface area contributed by atoms with Crippen molar-refractivity contribution in [3.05, 3.63) is 54.1 Å². The molecule has 0 bridgehead atoms. The molecule has 6 heteroatoms. The van der Waals surface area contributed by atoms with Crippen molar-refractivity contribution in [3.63, 3.8) is 0 Å². The summed E-state index contributed by atoms with van der Waals surface area (Å²) in [6.45, 7) is 4.49. The van der Waals surface area contributed by atoms with Gasteiger partial charge in [-0.05, 0) is 38.1 Å². The summed E-state index contributed by atoms with van der Waals surface area (Å²) in [5.41, 5.74) is 4.20. The molecule has 136 valence electrons. The smallest absolute Gasteiger partial charge is 0.230 e. The highest BCUT2D eigenvalue weighted by Gasteiger charge is 2.15. The van der Waals surface area contributed by atoms with Gasteiger partial charge in [0.25, 0.3) is 0 Å². The van der Waals surface area contributed by atoms with Crippen LogP contribution in [0.1, 0.15) is 12.5 Å². The molecule has 0 aliphatic carbocycles. The Morgan fingerprint density at radius 1 is 1.23 bits per heavy atom. The van der Waals surface area contributed by atoms with E-state index in [1.165, 1.54) is 17.3 Å². The van der Waals surface area contributed by atoms with E-state index in [1.807, 2.05) is 31.2 Å². The first kappa shape index (κ1) is 18.5. The van der Waals surface area contributed by atoms with Gasteiger partial charge in [0.2, 0.25) is 5.91 Å². The number of hydrogen-bond donors (Lipinski definition) is 1. The van der Waals surface area contributed by atoms with Gasteiger partial charge in [0.1, 0.15) is 0 Å². The molecular weight excluding hydrogens is 346 g/mol. The molecule has 0 spiro atoms. The number of rotatable bonds is 7. The third-order valence-corrected chi connectivity index (χ3v) is 4.92. The number of para-hydroxylation sites is 2. The number of carbonyl (C=O) groups excluding carboxylic acids is 1. The lowest BCUT2D eigenvalue weighted by Gasteiger charge is -2.13. The quantitative estimate of drug-likeness (QED) is 0.647. The highest BCUT2D eigenvalue weighted by molar-refractivity contribution is 7.99. The lowest BCUT2D eigenvalue weighted by Crippen LogP contribution is -2.36. The van der Waals surface area contributed by atoms with Gasteiger partial charge >= 0.3 is 0 Å². The zero-order chi connectivity index (χ0) is 18.5. The fourth-order valence-corrected chi connectivity index (χ4v) is 3.62. The molecule has 0 fully saturated rings. The normalized spacial score (nSPS) is 12.3. The van der Waals surface area contributed by atoms with Crippen LogP contribution in [0, 0.1) is 6.92 Å². The predicted molar refractivity (Wildman–Crippen MR) is 106 cm³/mol. The van der Waals surface area contributed by atoms with Crippen LogP contribution in [0.2, 0.25) is 0 Å². The first-order valence-corrected chi connectivity index (χ1v) is 9.52. The number of aryl methyl sites for hydroxylation is 1. The molecule has 3 rings (SSSR count). The van der Waals surface area contributed by atoms with E-state index >= 15 is 0 Å². The van der Waals surface area contributed by atoms with E-state index in [4.69, 9.17) is 9.72 Å². The van der Waals surface area contributed by atoms with Crippen LogP contribution in [0.25, 0.3) is 16.7 Å². The highest BCUT2D eigenvalue weighted by atomic mass is 32.2. The largest absolute Gasteiger partial charge is 0.383 e. The second-order valence-electron chi connectivity index (χ2n) is 6.27. The van der Waals surface area contributed by atoms with Crippen LogP contribution in [0.3, 0.4) is 0 Å². The second kappa shape index (κ2) is 8.38. The van der Waals surface area contributed by atoms with Crippen molar-refractivity contribution < 1.29 is 9.53 Å². The fourth-order valence-electron chi connectivity index (χ4n) is 2.78. The Kier molecular flexibility index (Phi) is 5.96. The van der Waals surface area contributed by atoms with E-state index in [2.05, 4.69) is 41.1 Å². The Hall–Kier alpha value is -2.31. The number of imidazole rings is 1. The average Bonchev–Trinajstić information content (AvgIpc) is 2.99. The molecule has 0 unspecified atom stereocenters. The number of methoxy groups -OCH3 is 1. The van der Waals surface area contributed by atoms with Crippen LogP contribution in [0.4, 0.5) is 0 Å². The zero-order valence-corrected chi connectivity index (χ0v) is 16.0. The molecule has 1 aromatic heterocycles. The van der Waals surface area contributed by atoms with Crippen molar-refractivity contribution in [2.24, 2.45) is 0 Å². The Morgan fingerprint density at radius 3 is 2.69 bits per heavy atom. The molecule has 3 aromatic rings. The maximum Gasteiger partial charge on any atom is 0.230 e. The monoisotopic (exact) mass is 369 g/mol. The molecule has 5 nitrogen and oxygen atoms in total. The lowest BCUT2D eigenvalue weighted by molar-refractivity contribution is -0.119. The van der Waals surface area contributed by atoms with Gasteiger partial charge < -0.3 is 10.1 Å². The van der Waals surface area contributed by atoms with Gasteiger partial charge in [0.05, 0.1) is 23.4 Å². The summed E-state index contributed by atoms with van der Waals surface area (Å²) in [7, 11) is 1.63. The number of carbonyl (C=O) groups is 1. The number of nitrogens with one attached hydrogen (secondary N) is 1. The van der Waals surface area contributed by atoms with Gasteiger partial charge in [-0.15, -0.1) is 0 Å². The van der Waals surface area contributed by atoms with Crippen molar-refractivity contribution in [2.45, 2.75) is 25.0 Å². The topological polar surface area (TPSA) is 56.1 Å². The molecule has 0 aliphatic heterocycles. The molecule has 0 radical (unpaired) electrons. The van der Waals surface area contributed by atoms with Gasteiger partial charge in [-0.1, -0.05) is 41.6 Å². The van der Waals surface area contributed by atoms with Crippen molar-refractivity contribution in [1.29, 1.82) is 0 Å². The van der Waals surface area contributed by atoms with Crippen LogP contribution in [-0.4, -0.2) is 41.0 Å². The fraction of sp³-hybridized carbons (Fsp3) is 0.300. The van der Waals surface area contributed by atoms with E-state index in [-0.39, 0.29) is 11.9 Å². The second-order valence-corrected chi connectivity index (χ2v) is 7.21. The van der Waals surface area contributed by atoms with E-state index in [0.717, 1.165) is 21.9 Å². The number of ether oxygens (including phenoxy) is 1. The Balaban J connectivity index is 1.85. The molecule has 0 saturated carbocycles. The number of aromatic nitrogens is 2. The first-order valence-electron chi connectivity index (χ1n) is 8.54. The standard InChI is InChI=1S/C20H23N3O2S/c1-14-8-10-16(11-9-14)23-18-7-5-4-6-17(18)22-20(23)26-13-19(24)21-15(2)12-25-3/h4-11,15H,12-13H2,1-3H3,(H,21,24)/t15-/m1/s1. The molecule has 0 aliphatic rings. The van der Waals surface area contributed by atoms with Crippen molar-refractivity contribution in [3.8, 4) is 5.69 Å². The van der Waals surface area contributed by atoms with Crippen molar-refractivity contribution in [2.75, 3.05) is 19.5 Å². The molecule has 26 heavy (non-hydrogen) atoms. The van der Waals surface area contributed by atoms with E-state index in [1.54, 1.807) is 7.11 Å². The molecular formula is C20H23N3O2S. The molecule has 1 heterocycles. The molecule has 1 atom stereocenters. The highest BCUT2D eigenvalue weighted by Crippen LogP contribution is 2.28. The van der Waals surface area contributed by atoms with Crippen LogP contribution in [-0.2, 0) is 9.53 Å². The summed E-state index contributed by atoms with van der Waals surface area (Å²) in [6, 6.07) is 16.3. The maximum atomic E-state index is 12.2. The zero-order valence-electron chi connectivity index (χ0n) is 15.2. The first-order chi connectivity index (χ1) is 12.6. The van der Waals surface area contributed by atoms with Gasteiger partial charge in [-0.3, -0.25) is 9.36 Å². The summed E-state index contributed by atoms with van der Waals surface area (Å²) >= 11 is 1.44. The summed E-state index contributed by atoms with van der Waals surface area (Å²) in [5, 5.41) is 3.74. The van der Waals surface area contributed by atoms with Crippen LogP contribution in [0.5, 0.6) is 0 Å². The molecule has 1 amide bonds. The van der Waals surface area contributed by atoms with Gasteiger partial charge in [-0.2, -0.15) is 0 Å². The molecule has 1 N–H and O–H groups in total. The number of fused-ring (bicyclic) bond motifs is 1. The van der Waals surface area contributed by atoms with Crippen LogP contribution >= 0.6 is 11.8 Å². The number of benzene rings is 2. The predicted octanol–water partition coefficient (Wildman–Crippen LogP) is 3.58. The van der Waals surface area contributed by atoms with E-state index < -0.39 is 0 Å². The summed E-state index contributed by atoms with van der Waals surface area (Å²) < 4.78 is 7.16. The Morgan fingerprint density at radius 2 is 1.96 bits per heavy atom. The minimum Gasteiger partial charge on any atom is -0.383 e. The molecule has 0 saturated heterocycles. The van der Waals surface area contributed by atoms with Gasteiger partial charge in [0.15, 0.2) is 5.16 Å². The summed E-state index contributed by atoms with van der Waals surface area (Å²) in [6.07, 6.45) is 0. The van der Waals surface area contributed by atoms with Crippen LogP contribution in [0.15, 0.2) is 53.7 Å². The van der Waals surface area contributed by atoms with E-state index in [0.29, 0.717) is 12.4 Å². The SMILES string of the molecule is COC[C@@H](C)NC(=O)CSc1nc2ccccc2n1-c1ccc(C)cc1.